The van der Waals surface area contributed by atoms with Crippen LogP contribution in [0.15, 0.2) is 42.6 Å². The van der Waals surface area contributed by atoms with Crippen LogP contribution in [0.5, 0.6) is 0 Å². The maximum Gasteiger partial charge on any atom is 0.198 e. The number of halogens is 1. The van der Waals surface area contributed by atoms with Crippen LogP contribution in [0, 0.1) is 0 Å². The van der Waals surface area contributed by atoms with Gasteiger partial charge in [0.15, 0.2) is 11.3 Å². The Balaban J connectivity index is 2.24. The molecule has 0 aliphatic rings. The van der Waals surface area contributed by atoms with Crippen LogP contribution in [0.4, 0.5) is 0 Å². The highest BCUT2D eigenvalue weighted by atomic mass is 35.5. The number of imidazole rings is 1. The zero-order valence-electron chi connectivity index (χ0n) is 9.21. The zero-order chi connectivity index (χ0) is 12.1. The van der Waals surface area contributed by atoms with Crippen molar-refractivity contribution in [2.24, 2.45) is 0 Å². The Morgan fingerprint density at radius 1 is 0.944 bits per heavy atom. The van der Waals surface area contributed by atoms with Crippen LogP contribution in [-0.2, 0) is 0 Å². The molecule has 4 rings (SSSR count). The van der Waals surface area contributed by atoms with Gasteiger partial charge in [0, 0.05) is 11.2 Å². The fourth-order valence-electron chi connectivity index (χ4n) is 2.06. The lowest BCUT2D eigenvalue weighted by Gasteiger charge is -1.98. The van der Waals surface area contributed by atoms with Gasteiger partial charge in [0.1, 0.15) is 5.65 Å². The Morgan fingerprint density at radius 2 is 1.89 bits per heavy atom. The Bertz CT molecular complexity index is 897. The van der Waals surface area contributed by atoms with Crippen molar-refractivity contribution < 1.29 is 0 Å². The highest BCUT2D eigenvalue weighted by Gasteiger charge is 2.08. The zero-order valence-corrected chi connectivity index (χ0v) is 9.96. The van der Waals surface area contributed by atoms with Crippen LogP contribution >= 0.6 is 11.6 Å². The molecule has 0 N–H and O–H groups in total. The fourth-order valence-corrected chi connectivity index (χ4v) is 2.22. The van der Waals surface area contributed by atoms with E-state index in [0.717, 1.165) is 22.3 Å². The molecular weight excluding hydrogens is 248 g/mol. The molecule has 0 amide bonds. The summed E-state index contributed by atoms with van der Waals surface area (Å²) in [6.45, 7) is 0. The average Bonchev–Trinajstić information content (AvgIpc) is 2.74. The SMILES string of the molecule is Clc1ccc2nc3nc4ccccn4c3nc2c1. The predicted octanol–water partition coefficient (Wildman–Crippen LogP) is 3.08. The Morgan fingerprint density at radius 3 is 2.83 bits per heavy atom. The average molecular weight is 255 g/mol. The van der Waals surface area contributed by atoms with Crippen LogP contribution in [0.3, 0.4) is 0 Å². The molecule has 4 nitrogen and oxygen atoms in total. The lowest BCUT2D eigenvalue weighted by atomic mass is 10.3. The molecule has 18 heavy (non-hydrogen) atoms. The van der Waals surface area contributed by atoms with E-state index >= 15 is 0 Å². The maximum absolute atomic E-state index is 5.97. The van der Waals surface area contributed by atoms with Crippen molar-refractivity contribution in [3.8, 4) is 0 Å². The molecular formula is C13H7ClN4. The summed E-state index contributed by atoms with van der Waals surface area (Å²) in [5, 5.41) is 0.657. The summed E-state index contributed by atoms with van der Waals surface area (Å²) < 4.78 is 1.92. The fraction of sp³-hybridized carbons (Fsp3) is 0. The molecule has 0 unspecified atom stereocenters. The molecule has 5 heteroatoms. The van der Waals surface area contributed by atoms with E-state index in [0.29, 0.717) is 10.7 Å². The molecule has 0 spiro atoms. The maximum atomic E-state index is 5.97. The van der Waals surface area contributed by atoms with Gasteiger partial charge in [0.25, 0.3) is 0 Å². The molecule has 0 saturated heterocycles. The molecule has 86 valence electrons. The van der Waals surface area contributed by atoms with E-state index in [9.17, 15) is 0 Å². The first-order chi connectivity index (χ1) is 8.81. The smallest absolute Gasteiger partial charge is 0.198 e. The molecule has 0 radical (unpaired) electrons. The van der Waals surface area contributed by atoms with Gasteiger partial charge in [-0.3, -0.25) is 4.40 Å². The summed E-state index contributed by atoms with van der Waals surface area (Å²) in [5.74, 6) is 0. The molecule has 0 aliphatic carbocycles. The summed E-state index contributed by atoms with van der Waals surface area (Å²) in [6, 6.07) is 11.3. The number of benzene rings is 1. The number of rotatable bonds is 0. The molecule has 1 aromatic carbocycles. The van der Waals surface area contributed by atoms with Gasteiger partial charge in [-0.1, -0.05) is 17.7 Å². The number of hydrogen-bond acceptors (Lipinski definition) is 3. The van der Waals surface area contributed by atoms with Gasteiger partial charge < -0.3 is 0 Å². The van der Waals surface area contributed by atoms with E-state index in [2.05, 4.69) is 15.0 Å². The first-order valence-corrected chi connectivity index (χ1v) is 5.89. The van der Waals surface area contributed by atoms with Crippen molar-refractivity contribution in [2.45, 2.75) is 0 Å². The summed E-state index contributed by atoms with van der Waals surface area (Å²) in [4.78, 5) is 13.5. The molecule has 3 heterocycles. The second-order valence-corrected chi connectivity index (χ2v) is 4.48. The van der Waals surface area contributed by atoms with Gasteiger partial charge in [0.05, 0.1) is 11.0 Å². The van der Waals surface area contributed by atoms with Crippen LogP contribution in [0.2, 0.25) is 5.02 Å². The van der Waals surface area contributed by atoms with E-state index in [4.69, 9.17) is 11.6 Å². The van der Waals surface area contributed by atoms with Crippen molar-refractivity contribution in [3.63, 3.8) is 0 Å². The van der Waals surface area contributed by atoms with Gasteiger partial charge in [-0.2, -0.15) is 0 Å². The van der Waals surface area contributed by atoms with Crippen molar-refractivity contribution in [2.75, 3.05) is 0 Å². The normalized spacial score (nSPS) is 11.6. The molecule has 0 bridgehead atoms. The lowest BCUT2D eigenvalue weighted by molar-refractivity contribution is 1.19. The molecule has 0 fully saturated rings. The number of aromatic nitrogens is 4. The first kappa shape index (κ1) is 9.79. The summed E-state index contributed by atoms with van der Waals surface area (Å²) in [5.41, 5.74) is 3.82. The third-order valence-electron chi connectivity index (χ3n) is 2.88. The van der Waals surface area contributed by atoms with E-state index < -0.39 is 0 Å². The highest BCUT2D eigenvalue weighted by Crippen LogP contribution is 2.20. The summed E-state index contributed by atoms with van der Waals surface area (Å²) in [6.07, 6.45) is 1.93. The largest absolute Gasteiger partial charge is 0.283 e. The quantitative estimate of drug-likeness (QED) is 0.484. The van der Waals surface area contributed by atoms with E-state index in [-0.39, 0.29) is 0 Å². The van der Waals surface area contributed by atoms with Gasteiger partial charge in [-0.25, -0.2) is 15.0 Å². The molecule has 3 aromatic heterocycles. The number of fused-ring (bicyclic) bond motifs is 4. The standard InChI is InChI=1S/C13H7ClN4/c14-8-4-5-9-10(7-8)16-13-12(15-9)17-11-3-1-2-6-18(11)13/h1-7H. The first-order valence-electron chi connectivity index (χ1n) is 5.51. The molecule has 0 atom stereocenters. The molecule has 4 aromatic rings. The molecule has 0 aliphatic heterocycles. The van der Waals surface area contributed by atoms with Crippen molar-refractivity contribution in [3.05, 3.63) is 47.6 Å². The highest BCUT2D eigenvalue weighted by molar-refractivity contribution is 6.31. The predicted molar refractivity (Wildman–Crippen MR) is 70.8 cm³/mol. The minimum atomic E-state index is 0.649. The van der Waals surface area contributed by atoms with Crippen molar-refractivity contribution >= 4 is 39.6 Å². The van der Waals surface area contributed by atoms with Gasteiger partial charge in [-0.15, -0.1) is 0 Å². The van der Waals surface area contributed by atoms with Crippen LogP contribution in [-0.4, -0.2) is 19.4 Å². The van der Waals surface area contributed by atoms with Crippen LogP contribution < -0.4 is 0 Å². The van der Waals surface area contributed by atoms with Gasteiger partial charge >= 0.3 is 0 Å². The van der Waals surface area contributed by atoms with Gasteiger partial charge in [-0.05, 0) is 30.3 Å². The van der Waals surface area contributed by atoms with Crippen molar-refractivity contribution in [1.82, 2.24) is 19.4 Å². The van der Waals surface area contributed by atoms with E-state index in [1.807, 2.05) is 40.9 Å². The number of pyridine rings is 1. The summed E-state index contributed by atoms with van der Waals surface area (Å²) >= 11 is 5.97. The van der Waals surface area contributed by atoms with Gasteiger partial charge in [0.2, 0.25) is 0 Å². The Kier molecular flexibility index (Phi) is 1.85. The minimum Gasteiger partial charge on any atom is -0.283 e. The second kappa shape index (κ2) is 3.40. The summed E-state index contributed by atoms with van der Waals surface area (Å²) in [7, 11) is 0. The van der Waals surface area contributed by atoms with E-state index in [1.54, 1.807) is 6.07 Å². The number of hydrogen-bond donors (Lipinski definition) is 0. The third-order valence-corrected chi connectivity index (χ3v) is 3.11. The third kappa shape index (κ3) is 1.29. The Labute approximate surface area is 107 Å². The van der Waals surface area contributed by atoms with Crippen molar-refractivity contribution in [1.29, 1.82) is 0 Å². The topological polar surface area (TPSA) is 43.1 Å². The van der Waals surface area contributed by atoms with Crippen LogP contribution in [0.1, 0.15) is 0 Å². The number of nitrogens with zero attached hydrogens (tertiary/aromatic N) is 4. The second-order valence-electron chi connectivity index (χ2n) is 4.04. The van der Waals surface area contributed by atoms with Crippen LogP contribution in [0.25, 0.3) is 28.0 Å². The lowest BCUT2D eigenvalue weighted by Crippen LogP contribution is -1.89. The minimum absolute atomic E-state index is 0.649. The Hall–Kier alpha value is -2.20. The monoisotopic (exact) mass is 254 g/mol. The molecule has 0 saturated carbocycles. The van der Waals surface area contributed by atoms with E-state index in [1.165, 1.54) is 0 Å².